The quantitative estimate of drug-likeness (QED) is 0.819. The summed E-state index contributed by atoms with van der Waals surface area (Å²) in [5, 5.41) is 0. The molecule has 1 aliphatic rings. The number of nitrogens with one attached hydrogen (secondary N) is 1. The standard InChI is InChI=1S/C12H17FN2O4S2/c1-15-7-3-4-10(9-15)14-21(18,19)12-6-2-5-11(8-12)20(13,16)17/h2,5-6,8,10,14H,3-4,7,9H2,1H3. The number of likely N-dealkylation sites (N-methyl/N-ethyl adjacent to an activating group) is 1. The van der Waals surface area contributed by atoms with Gasteiger partial charge in [-0.1, -0.05) is 6.07 Å². The number of benzene rings is 1. The van der Waals surface area contributed by atoms with Crippen molar-refractivity contribution in [3.8, 4) is 0 Å². The predicted molar refractivity (Wildman–Crippen MR) is 75.6 cm³/mol. The number of hydrogen-bond donors (Lipinski definition) is 1. The van der Waals surface area contributed by atoms with Crippen molar-refractivity contribution < 1.29 is 20.7 Å². The Labute approximate surface area is 124 Å². The normalized spacial score (nSPS) is 21.3. The summed E-state index contributed by atoms with van der Waals surface area (Å²) in [5.41, 5.74) is 0. The molecule has 0 aliphatic carbocycles. The molecule has 1 heterocycles. The third-order valence-electron chi connectivity index (χ3n) is 3.34. The largest absolute Gasteiger partial charge is 0.332 e. The molecule has 1 aromatic carbocycles. The highest BCUT2D eigenvalue weighted by Gasteiger charge is 2.25. The Balaban J connectivity index is 2.23. The molecule has 2 rings (SSSR count). The van der Waals surface area contributed by atoms with Crippen LogP contribution < -0.4 is 4.72 Å². The summed E-state index contributed by atoms with van der Waals surface area (Å²) in [4.78, 5) is 1.10. The van der Waals surface area contributed by atoms with Gasteiger partial charge < -0.3 is 4.90 Å². The van der Waals surface area contributed by atoms with Gasteiger partial charge in [-0.2, -0.15) is 8.42 Å². The first-order valence-electron chi connectivity index (χ1n) is 6.44. The number of likely N-dealkylation sites (tertiary alicyclic amines) is 1. The molecule has 0 amide bonds. The van der Waals surface area contributed by atoms with Crippen LogP contribution in [0.25, 0.3) is 0 Å². The Kier molecular flexibility index (Phi) is 4.66. The summed E-state index contributed by atoms with van der Waals surface area (Å²) < 4.78 is 61.7. The van der Waals surface area contributed by atoms with E-state index in [-0.39, 0.29) is 10.9 Å². The van der Waals surface area contributed by atoms with Crippen molar-refractivity contribution in [2.24, 2.45) is 0 Å². The summed E-state index contributed by atoms with van der Waals surface area (Å²) in [6.45, 7) is 1.49. The summed E-state index contributed by atoms with van der Waals surface area (Å²) in [7, 11) is -6.90. The fraction of sp³-hybridized carbons (Fsp3) is 0.500. The smallest absolute Gasteiger partial charge is 0.305 e. The first-order valence-corrected chi connectivity index (χ1v) is 9.31. The van der Waals surface area contributed by atoms with E-state index in [4.69, 9.17) is 0 Å². The summed E-state index contributed by atoms with van der Waals surface area (Å²) in [6, 6.07) is 4.05. The van der Waals surface area contributed by atoms with Gasteiger partial charge >= 0.3 is 10.2 Å². The number of sulfonamides is 1. The highest BCUT2D eigenvalue weighted by atomic mass is 32.3. The van der Waals surface area contributed by atoms with Crippen molar-refractivity contribution in [2.75, 3.05) is 20.1 Å². The van der Waals surface area contributed by atoms with E-state index in [0.717, 1.165) is 25.1 Å². The van der Waals surface area contributed by atoms with Crippen LogP contribution in [-0.2, 0) is 20.2 Å². The van der Waals surface area contributed by atoms with Gasteiger partial charge in [0.1, 0.15) is 0 Å². The number of halogens is 1. The van der Waals surface area contributed by atoms with Crippen LogP contribution in [-0.4, -0.2) is 47.9 Å². The van der Waals surface area contributed by atoms with Crippen molar-refractivity contribution in [1.82, 2.24) is 9.62 Å². The van der Waals surface area contributed by atoms with Crippen molar-refractivity contribution in [3.05, 3.63) is 24.3 Å². The topological polar surface area (TPSA) is 83.6 Å². The van der Waals surface area contributed by atoms with Gasteiger partial charge in [0.2, 0.25) is 10.0 Å². The molecular formula is C12H17FN2O4S2. The Morgan fingerprint density at radius 2 is 1.90 bits per heavy atom. The van der Waals surface area contributed by atoms with Crippen LogP contribution in [0, 0.1) is 0 Å². The van der Waals surface area contributed by atoms with Gasteiger partial charge in [0, 0.05) is 12.6 Å². The molecular weight excluding hydrogens is 319 g/mol. The number of hydrogen-bond acceptors (Lipinski definition) is 5. The summed E-state index contributed by atoms with van der Waals surface area (Å²) in [5.74, 6) is 0. The van der Waals surface area contributed by atoms with E-state index in [1.54, 1.807) is 0 Å². The average molecular weight is 336 g/mol. The Bertz CT molecular complexity index is 719. The fourth-order valence-corrected chi connectivity index (χ4v) is 4.23. The van der Waals surface area contributed by atoms with Gasteiger partial charge in [-0.15, -0.1) is 3.89 Å². The lowest BCUT2D eigenvalue weighted by Crippen LogP contribution is -2.46. The van der Waals surface area contributed by atoms with Crippen molar-refractivity contribution >= 4 is 20.2 Å². The van der Waals surface area contributed by atoms with Crippen LogP contribution in [0.1, 0.15) is 12.8 Å². The lowest BCUT2D eigenvalue weighted by atomic mass is 10.1. The predicted octanol–water partition coefficient (Wildman–Crippen LogP) is 0.717. The molecule has 1 aromatic rings. The molecule has 1 N–H and O–H groups in total. The molecule has 1 unspecified atom stereocenters. The van der Waals surface area contributed by atoms with E-state index in [2.05, 4.69) is 4.72 Å². The number of piperidine rings is 1. The third-order valence-corrected chi connectivity index (χ3v) is 5.68. The zero-order valence-corrected chi connectivity index (χ0v) is 13.1. The molecule has 1 fully saturated rings. The van der Waals surface area contributed by atoms with Gasteiger partial charge in [-0.25, -0.2) is 13.1 Å². The van der Waals surface area contributed by atoms with Crippen LogP contribution in [0.2, 0.25) is 0 Å². The van der Waals surface area contributed by atoms with Gasteiger partial charge in [-0.05, 0) is 44.6 Å². The zero-order chi connectivity index (χ0) is 15.7. The van der Waals surface area contributed by atoms with Crippen LogP contribution in [0.3, 0.4) is 0 Å². The van der Waals surface area contributed by atoms with Crippen molar-refractivity contribution in [2.45, 2.75) is 28.7 Å². The number of rotatable bonds is 4. The maximum atomic E-state index is 12.9. The maximum Gasteiger partial charge on any atom is 0.332 e. The highest BCUT2D eigenvalue weighted by Crippen LogP contribution is 2.19. The third kappa shape index (κ3) is 4.22. The second-order valence-electron chi connectivity index (χ2n) is 5.14. The molecule has 0 saturated carbocycles. The Hall–Kier alpha value is -1.03. The zero-order valence-electron chi connectivity index (χ0n) is 11.5. The molecule has 6 nitrogen and oxygen atoms in total. The van der Waals surface area contributed by atoms with Gasteiger partial charge in [0.15, 0.2) is 0 Å². The molecule has 0 radical (unpaired) electrons. The lowest BCUT2D eigenvalue weighted by molar-refractivity contribution is 0.242. The Morgan fingerprint density at radius 3 is 2.52 bits per heavy atom. The van der Waals surface area contributed by atoms with E-state index in [1.165, 1.54) is 12.1 Å². The molecule has 0 aromatic heterocycles. The lowest BCUT2D eigenvalue weighted by Gasteiger charge is -2.29. The van der Waals surface area contributed by atoms with E-state index in [0.29, 0.717) is 13.0 Å². The van der Waals surface area contributed by atoms with Crippen LogP contribution >= 0.6 is 0 Å². The molecule has 1 atom stereocenters. The monoisotopic (exact) mass is 336 g/mol. The van der Waals surface area contributed by atoms with E-state index >= 15 is 0 Å². The highest BCUT2D eigenvalue weighted by molar-refractivity contribution is 7.89. The molecule has 9 heteroatoms. The second-order valence-corrected chi connectivity index (χ2v) is 8.20. The van der Waals surface area contributed by atoms with E-state index < -0.39 is 25.1 Å². The Morgan fingerprint density at radius 1 is 1.24 bits per heavy atom. The van der Waals surface area contributed by atoms with Crippen molar-refractivity contribution in [3.63, 3.8) is 0 Å². The fourth-order valence-electron chi connectivity index (χ4n) is 2.34. The van der Waals surface area contributed by atoms with Crippen LogP contribution in [0.4, 0.5) is 3.89 Å². The van der Waals surface area contributed by atoms with Crippen molar-refractivity contribution in [1.29, 1.82) is 0 Å². The van der Waals surface area contributed by atoms with Gasteiger partial charge in [0.25, 0.3) is 0 Å². The summed E-state index contributed by atoms with van der Waals surface area (Å²) in [6.07, 6.45) is 1.59. The molecule has 0 bridgehead atoms. The van der Waals surface area contributed by atoms with Crippen LogP contribution in [0.15, 0.2) is 34.1 Å². The maximum absolute atomic E-state index is 12.9. The van der Waals surface area contributed by atoms with Gasteiger partial charge in [-0.3, -0.25) is 0 Å². The molecule has 1 saturated heterocycles. The van der Waals surface area contributed by atoms with Gasteiger partial charge in [0.05, 0.1) is 9.79 Å². The van der Waals surface area contributed by atoms with E-state index in [9.17, 15) is 20.7 Å². The SMILES string of the molecule is CN1CCCC(NS(=O)(=O)c2cccc(S(=O)(=O)F)c2)C1. The minimum Gasteiger partial charge on any atom is -0.305 e. The summed E-state index contributed by atoms with van der Waals surface area (Å²) >= 11 is 0. The minimum atomic E-state index is -4.93. The second kappa shape index (κ2) is 5.99. The number of nitrogens with zero attached hydrogens (tertiary/aromatic N) is 1. The molecule has 1 aliphatic heterocycles. The molecule has 118 valence electrons. The average Bonchev–Trinajstić information content (AvgIpc) is 2.37. The van der Waals surface area contributed by atoms with E-state index in [1.807, 2.05) is 11.9 Å². The minimum absolute atomic E-state index is 0.237. The molecule has 21 heavy (non-hydrogen) atoms. The first-order chi connectivity index (χ1) is 9.68. The van der Waals surface area contributed by atoms with Crippen LogP contribution in [0.5, 0.6) is 0 Å². The first kappa shape index (κ1) is 16.3. The molecule has 0 spiro atoms.